The van der Waals surface area contributed by atoms with E-state index in [1.807, 2.05) is 18.2 Å². The average Bonchev–Trinajstić information content (AvgIpc) is 3.00. The van der Waals surface area contributed by atoms with Crippen molar-refractivity contribution < 1.29 is 19.7 Å². The van der Waals surface area contributed by atoms with Crippen LogP contribution in [0.5, 0.6) is 5.75 Å². The Morgan fingerprint density at radius 3 is 2.25 bits per heavy atom. The molecular weight excluding hydrogens is 304 g/mol. The molecule has 1 aliphatic heterocycles. The van der Waals surface area contributed by atoms with E-state index in [2.05, 4.69) is 0 Å². The van der Waals surface area contributed by atoms with Crippen molar-refractivity contribution in [3.05, 3.63) is 76.3 Å². The van der Waals surface area contributed by atoms with Crippen molar-refractivity contribution in [1.29, 1.82) is 0 Å². The predicted molar refractivity (Wildman–Crippen MR) is 87.9 cm³/mol. The molecule has 24 heavy (non-hydrogen) atoms. The lowest BCUT2D eigenvalue weighted by Crippen LogP contribution is -2.37. The third kappa shape index (κ3) is 1.58. The maximum atomic E-state index is 12.5. The van der Waals surface area contributed by atoms with Gasteiger partial charge in [-0.05, 0) is 59.7 Å². The second-order valence-corrected chi connectivity index (χ2v) is 6.37. The van der Waals surface area contributed by atoms with E-state index < -0.39 is 11.8 Å². The number of cyclic esters (lactones) is 1. The van der Waals surface area contributed by atoms with Gasteiger partial charge < -0.3 is 14.9 Å². The molecule has 0 radical (unpaired) electrons. The zero-order chi connectivity index (χ0) is 16.5. The lowest BCUT2D eigenvalue weighted by molar-refractivity contribution is -0.141. The Morgan fingerprint density at radius 2 is 1.54 bits per heavy atom. The number of ether oxygens (including phenoxy) is 1. The molecule has 4 heteroatoms. The maximum absolute atomic E-state index is 12.5. The van der Waals surface area contributed by atoms with Gasteiger partial charge in [0.2, 0.25) is 0 Å². The van der Waals surface area contributed by atoms with Crippen LogP contribution >= 0.6 is 0 Å². The topological polar surface area (TPSA) is 66.8 Å². The van der Waals surface area contributed by atoms with Crippen molar-refractivity contribution in [2.24, 2.45) is 0 Å². The van der Waals surface area contributed by atoms with E-state index in [-0.39, 0.29) is 5.75 Å². The molecule has 118 valence electrons. The van der Waals surface area contributed by atoms with Gasteiger partial charge in [0, 0.05) is 16.5 Å². The fourth-order valence-electron chi connectivity index (χ4n) is 3.93. The summed E-state index contributed by atoms with van der Waals surface area (Å²) in [6, 6.07) is 13.7. The molecule has 0 fully saturated rings. The van der Waals surface area contributed by atoms with E-state index >= 15 is 0 Å². The SMILES string of the molecule is O=C1OC(O)(c2ccc(O)cc2)c2ccc3c4c(ccc1c24)CC3. The minimum absolute atomic E-state index is 0.0885. The fourth-order valence-corrected chi connectivity index (χ4v) is 3.93. The number of phenols is 1. The minimum Gasteiger partial charge on any atom is -0.508 e. The number of benzene rings is 3. The highest BCUT2D eigenvalue weighted by Gasteiger charge is 2.43. The summed E-state index contributed by atoms with van der Waals surface area (Å²) in [5, 5.41) is 22.6. The first-order chi connectivity index (χ1) is 11.6. The van der Waals surface area contributed by atoms with Crippen LogP contribution in [-0.4, -0.2) is 16.2 Å². The molecule has 1 aliphatic carbocycles. The lowest BCUT2D eigenvalue weighted by Gasteiger charge is -2.34. The quantitative estimate of drug-likeness (QED) is 0.677. The second-order valence-electron chi connectivity index (χ2n) is 6.37. The molecule has 5 rings (SSSR count). The van der Waals surface area contributed by atoms with Crippen molar-refractivity contribution in [1.82, 2.24) is 0 Å². The molecule has 2 N–H and O–H groups in total. The molecule has 4 nitrogen and oxygen atoms in total. The Balaban J connectivity index is 1.88. The molecule has 3 aromatic carbocycles. The van der Waals surface area contributed by atoms with Crippen molar-refractivity contribution in [2.45, 2.75) is 18.6 Å². The summed E-state index contributed by atoms with van der Waals surface area (Å²) in [6.07, 6.45) is 1.89. The van der Waals surface area contributed by atoms with Gasteiger partial charge in [-0.3, -0.25) is 0 Å². The number of phenolic OH excluding ortho intramolecular Hbond substituents is 1. The monoisotopic (exact) mass is 318 g/mol. The van der Waals surface area contributed by atoms with Crippen LogP contribution in [0.25, 0.3) is 10.8 Å². The van der Waals surface area contributed by atoms with Gasteiger partial charge in [-0.1, -0.05) is 18.2 Å². The van der Waals surface area contributed by atoms with E-state index in [1.165, 1.54) is 23.3 Å². The summed E-state index contributed by atoms with van der Waals surface area (Å²) in [5.74, 6) is -2.29. The van der Waals surface area contributed by atoms with E-state index in [9.17, 15) is 15.0 Å². The highest BCUT2D eigenvalue weighted by molar-refractivity contribution is 6.10. The third-order valence-corrected chi connectivity index (χ3v) is 5.08. The first-order valence-electron chi connectivity index (χ1n) is 7.91. The highest BCUT2D eigenvalue weighted by atomic mass is 16.7. The predicted octanol–water partition coefficient (Wildman–Crippen LogP) is 3.01. The van der Waals surface area contributed by atoms with Gasteiger partial charge in [-0.15, -0.1) is 0 Å². The Hall–Kier alpha value is -2.85. The molecule has 1 heterocycles. The van der Waals surface area contributed by atoms with Gasteiger partial charge in [0.15, 0.2) is 0 Å². The molecule has 2 aliphatic rings. The first-order valence-corrected chi connectivity index (χ1v) is 7.91. The van der Waals surface area contributed by atoms with Crippen LogP contribution in [0.3, 0.4) is 0 Å². The zero-order valence-electron chi connectivity index (χ0n) is 12.7. The molecule has 0 amide bonds. The number of carbonyl (C=O) groups excluding carboxylic acids is 1. The number of aryl methyl sites for hydroxylation is 2. The summed E-state index contributed by atoms with van der Waals surface area (Å²) in [6.45, 7) is 0. The molecular formula is C20H14O4. The van der Waals surface area contributed by atoms with Crippen LogP contribution in [0, 0.1) is 0 Å². The lowest BCUT2D eigenvalue weighted by atomic mass is 9.86. The van der Waals surface area contributed by atoms with Gasteiger partial charge in [0.25, 0.3) is 5.79 Å². The van der Waals surface area contributed by atoms with Crippen molar-refractivity contribution in [2.75, 3.05) is 0 Å². The number of rotatable bonds is 1. The molecule has 0 saturated carbocycles. The molecule has 3 aromatic rings. The van der Waals surface area contributed by atoms with Crippen LogP contribution in [0.2, 0.25) is 0 Å². The Kier molecular flexibility index (Phi) is 2.47. The normalized spacial score (nSPS) is 21.1. The molecule has 0 spiro atoms. The summed E-state index contributed by atoms with van der Waals surface area (Å²) in [7, 11) is 0. The number of hydrogen-bond acceptors (Lipinski definition) is 4. The van der Waals surface area contributed by atoms with Crippen molar-refractivity contribution >= 4 is 16.7 Å². The molecule has 0 bridgehead atoms. The maximum Gasteiger partial charge on any atom is 0.341 e. The third-order valence-electron chi connectivity index (χ3n) is 5.08. The number of hydrogen-bond donors (Lipinski definition) is 2. The molecule has 0 aromatic heterocycles. The molecule has 0 saturated heterocycles. The Morgan fingerprint density at radius 1 is 0.875 bits per heavy atom. The van der Waals surface area contributed by atoms with Gasteiger partial charge in [-0.2, -0.15) is 0 Å². The Labute approximate surface area is 137 Å². The zero-order valence-corrected chi connectivity index (χ0v) is 12.7. The van der Waals surface area contributed by atoms with E-state index in [1.54, 1.807) is 18.2 Å². The van der Waals surface area contributed by atoms with Crippen molar-refractivity contribution in [3.8, 4) is 5.75 Å². The standard InChI is InChI=1S/C20H14O4/c21-14-7-5-13(6-8-14)20(23)16-10-4-12-2-1-11-3-9-15(19(22)24-20)18(16)17(11)12/h3-10,21,23H,1-2H2. The summed E-state index contributed by atoms with van der Waals surface area (Å²) in [4.78, 5) is 12.5. The number of aromatic hydroxyl groups is 1. The van der Waals surface area contributed by atoms with Gasteiger partial charge in [-0.25, -0.2) is 4.79 Å². The number of esters is 1. The van der Waals surface area contributed by atoms with Crippen LogP contribution in [-0.2, 0) is 23.4 Å². The van der Waals surface area contributed by atoms with Crippen molar-refractivity contribution in [3.63, 3.8) is 0 Å². The second kappa shape index (κ2) is 4.36. The molecule has 1 unspecified atom stereocenters. The smallest absolute Gasteiger partial charge is 0.341 e. The van der Waals surface area contributed by atoms with Crippen LogP contribution < -0.4 is 0 Å². The number of aliphatic hydroxyl groups is 1. The summed E-state index contributed by atoms with van der Waals surface area (Å²) in [5.41, 5.74) is 3.89. The van der Waals surface area contributed by atoms with Crippen LogP contribution in [0.15, 0.2) is 48.5 Å². The summed E-state index contributed by atoms with van der Waals surface area (Å²) >= 11 is 0. The first kappa shape index (κ1) is 13.6. The van der Waals surface area contributed by atoms with Gasteiger partial charge >= 0.3 is 5.97 Å². The average molecular weight is 318 g/mol. The van der Waals surface area contributed by atoms with Gasteiger partial charge in [0.05, 0.1) is 5.56 Å². The highest BCUT2D eigenvalue weighted by Crippen LogP contribution is 2.45. The van der Waals surface area contributed by atoms with E-state index in [4.69, 9.17) is 4.74 Å². The Bertz CT molecular complexity index is 1010. The number of carbonyl (C=O) groups is 1. The van der Waals surface area contributed by atoms with E-state index in [0.29, 0.717) is 16.7 Å². The fraction of sp³-hybridized carbons (Fsp3) is 0.150. The minimum atomic E-state index is -1.85. The largest absolute Gasteiger partial charge is 0.508 e. The van der Waals surface area contributed by atoms with Crippen LogP contribution in [0.1, 0.15) is 32.6 Å². The van der Waals surface area contributed by atoms with Gasteiger partial charge in [0.1, 0.15) is 5.75 Å². The molecule has 1 atom stereocenters. The summed E-state index contributed by atoms with van der Waals surface area (Å²) < 4.78 is 5.45. The van der Waals surface area contributed by atoms with E-state index in [0.717, 1.165) is 23.6 Å². The van der Waals surface area contributed by atoms with Crippen LogP contribution in [0.4, 0.5) is 0 Å².